The van der Waals surface area contributed by atoms with Crippen LogP contribution in [0.25, 0.3) is 0 Å². The normalized spacial score (nSPS) is 10.2. The summed E-state index contributed by atoms with van der Waals surface area (Å²) < 4.78 is 13.0. The van der Waals surface area contributed by atoms with E-state index in [0.717, 1.165) is 4.90 Å². The molecule has 0 aliphatic heterocycles. The molecule has 3 nitrogen and oxygen atoms in total. The van der Waals surface area contributed by atoms with Gasteiger partial charge in [-0.05, 0) is 30.3 Å². The summed E-state index contributed by atoms with van der Waals surface area (Å²) in [5.41, 5.74) is 6.84. The molecule has 0 unspecified atom stereocenters. The Labute approximate surface area is 115 Å². The second-order valence-electron chi connectivity index (χ2n) is 3.88. The van der Waals surface area contributed by atoms with E-state index in [1.54, 1.807) is 36.4 Å². The Morgan fingerprint density at radius 1 is 1.21 bits per heavy atom. The van der Waals surface area contributed by atoms with Crippen molar-refractivity contribution < 1.29 is 9.18 Å². The van der Waals surface area contributed by atoms with E-state index in [-0.39, 0.29) is 17.5 Å². The van der Waals surface area contributed by atoms with Crippen molar-refractivity contribution >= 4 is 29.0 Å². The summed E-state index contributed by atoms with van der Waals surface area (Å²) in [6.45, 7) is 0. The van der Waals surface area contributed by atoms with Gasteiger partial charge in [0.1, 0.15) is 5.82 Å². The third-order valence-electron chi connectivity index (χ3n) is 2.40. The fraction of sp³-hybridized carbons (Fsp3) is 0.0714. The summed E-state index contributed by atoms with van der Waals surface area (Å²) in [7, 11) is 0. The van der Waals surface area contributed by atoms with Crippen LogP contribution < -0.4 is 11.1 Å². The van der Waals surface area contributed by atoms with E-state index in [2.05, 4.69) is 5.32 Å². The topological polar surface area (TPSA) is 55.1 Å². The quantitative estimate of drug-likeness (QED) is 0.666. The molecule has 1 amide bonds. The van der Waals surface area contributed by atoms with E-state index >= 15 is 0 Å². The predicted molar refractivity (Wildman–Crippen MR) is 76.6 cm³/mol. The van der Waals surface area contributed by atoms with Gasteiger partial charge in [-0.1, -0.05) is 18.2 Å². The summed E-state index contributed by atoms with van der Waals surface area (Å²) >= 11 is 1.27. The SMILES string of the molecule is Nc1ccccc1NC(=O)CSc1cccc(F)c1. The molecule has 0 aromatic heterocycles. The first-order chi connectivity index (χ1) is 9.15. The highest BCUT2D eigenvalue weighted by molar-refractivity contribution is 8.00. The Hall–Kier alpha value is -2.01. The molecule has 5 heteroatoms. The number of rotatable bonds is 4. The highest BCUT2D eigenvalue weighted by Crippen LogP contribution is 2.20. The fourth-order valence-electron chi connectivity index (χ4n) is 1.50. The van der Waals surface area contributed by atoms with Gasteiger partial charge in [-0.3, -0.25) is 4.79 Å². The van der Waals surface area contributed by atoms with Crippen LogP contribution in [-0.2, 0) is 4.79 Å². The first-order valence-corrected chi connectivity index (χ1v) is 6.66. The van der Waals surface area contributed by atoms with E-state index in [0.29, 0.717) is 11.4 Å². The highest BCUT2D eigenvalue weighted by Gasteiger charge is 2.06. The molecule has 0 fully saturated rings. The number of para-hydroxylation sites is 2. The van der Waals surface area contributed by atoms with Gasteiger partial charge < -0.3 is 11.1 Å². The number of hydrogen-bond acceptors (Lipinski definition) is 3. The van der Waals surface area contributed by atoms with Gasteiger partial charge in [0.25, 0.3) is 0 Å². The smallest absolute Gasteiger partial charge is 0.234 e. The molecule has 0 atom stereocenters. The molecular formula is C14H13FN2OS. The predicted octanol–water partition coefficient (Wildman–Crippen LogP) is 3.14. The van der Waals surface area contributed by atoms with Crippen molar-refractivity contribution in [3.8, 4) is 0 Å². The number of nitrogens with one attached hydrogen (secondary N) is 1. The standard InChI is InChI=1S/C14H13FN2OS/c15-10-4-3-5-11(8-10)19-9-14(18)17-13-7-2-1-6-12(13)16/h1-8H,9,16H2,(H,17,18). The Morgan fingerprint density at radius 2 is 2.00 bits per heavy atom. The van der Waals surface area contributed by atoms with Gasteiger partial charge in [-0.2, -0.15) is 0 Å². The van der Waals surface area contributed by atoms with Crippen molar-refractivity contribution in [2.24, 2.45) is 0 Å². The third kappa shape index (κ3) is 3.99. The zero-order valence-electron chi connectivity index (χ0n) is 10.1. The van der Waals surface area contributed by atoms with Crippen molar-refractivity contribution in [2.45, 2.75) is 4.90 Å². The first-order valence-electron chi connectivity index (χ1n) is 5.68. The molecule has 2 aromatic carbocycles. The van der Waals surface area contributed by atoms with Gasteiger partial charge in [0, 0.05) is 4.90 Å². The zero-order chi connectivity index (χ0) is 13.7. The van der Waals surface area contributed by atoms with Crippen molar-refractivity contribution in [3.63, 3.8) is 0 Å². The highest BCUT2D eigenvalue weighted by atomic mass is 32.2. The Morgan fingerprint density at radius 3 is 2.74 bits per heavy atom. The molecule has 2 aromatic rings. The van der Waals surface area contributed by atoms with Gasteiger partial charge in [-0.15, -0.1) is 11.8 Å². The Bertz CT molecular complexity index is 589. The summed E-state index contributed by atoms with van der Waals surface area (Å²) in [5, 5.41) is 2.72. The van der Waals surface area contributed by atoms with Crippen molar-refractivity contribution in [1.82, 2.24) is 0 Å². The average molecular weight is 276 g/mol. The van der Waals surface area contributed by atoms with Gasteiger partial charge in [0.15, 0.2) is 0 Å². The molecule has 0 radical (unpaired) electrons. The molecule has 0 aliphatic rings. The lowest BCUT2D eigenvalue weighted by Crippen LogP contribution is -2.15. The molecule has 0 spiro atoms. The summed E-state index contributed by atoms with van der Waals surface area (Å²) in [4.78, 5) is 12.5. The molecule has 0 bridgehead atoms. The van der Waals surface area contributed by atoms with E-state index in [4.69, 9.17) is 5.73 Å². The minimum Gasteiger partial charge on any atom is -0.397 e. The maximum atomic E-state index is 13.0. The van der Waals surface area contributed by atoms with Crippen molar-refractivity contribution in [2.75, 3.05) is 16.8 Å². The molecule has 0 aliphatic carbocycles. The molecule has 0 saturated carbocycles. The number of carbonyl (C=O) groups is 1. The van der Waals surface area contributed by atoms with Crippen molar-refractivity contribution in [3.05, 3.63) is 54.3 Å². The number of anilines is 2. The van der Waals surface area contributed by atoms with Gasteiger partial charge in [-0.25, -0.2) is 4.39 Å². The summed E-state index contributed by atoms with van der Waals surface area (Å²) in [6, 6.07) is 13.2. The summed E-state index contributed by atoms with van der Waals surface area (Å²) in [6.07, 6.45) is 0. The number of carbonyl (C=O) groups excluding carboxylic acids is 1. The zero-order valence-corrected chi connectivity index (χ0v) is 10.9. The van der Waals surface area contributed by atoms with Crippen LogP contribution in [0.2, 0.25) is 0 Å². The van der Waals surface area contributed by atoms with Crippen LogP contribution in [0.1, 0.15) is 0 Å². The van der Waals surface area contributed by atoms with Crippen LogP contribution in [-0.4, -0.2) is 11.7 Å². The second-order valence-corrected chi connectivity index (χ2v) is 4.93. The van der Waals surface area contributed by atoms with E-state index in [9.17, 15) is 9.18 Å². The number of nitrogens with two attached hydrogens (primary N) is 1. The molecule has 19 heavy (non-hydrogen) atoms. The van der Waals surface area contributed by atoms with E-state index in [1.807, 2.05) is 0 Å². The van der Waals surface area contributed by atoms with Crippen LogP contribution in [0.3, 0.4) is 0 Å². The fourth-order valence-corrected chi connectivity index (χ4v) is 2.24. The van der Waals surface area contributed by atoms with Gasteiger partial charge >= 0.3 is 0 Å². The molecule has 0 heterocycles. The van der Waals surface area contributed by atoms with Gasteiger partial charge in [0.2, 0.25) is 5.91 Å². The van der Waals surface area contributed by atoms with Crippen molar-refractivity contribution in [1.29, 1.82) is 0 Å². The van der Waals surface area contributed by atoms with Gasteiger partial charge in [0.05, 0.1) is 17.1 Å². The largest absolute Gasteiger partial charge is 0.397 e. The van der Waals surface area contributed by atoms with Crippen LogP contribution in [0.15, 0.2) is 53.4 Å². The second kappa shape index (κ2) is 6.24. The summed E-state index contributed by atoms with van der Waals surface area (Å²) in [5.74, 6) is -0.275. The number of hydrogen-bond donors (Lipinski definition) is 2. The number of halogens is 1. The molecular weight excluding hydrogens is 263 g/mol. The number of nitrogen functional groups attached to an aromatic ring is 1. The van der Waals surface area contributed by atoms with Crippen LogP contribution in [0.5, 0.6) is 0 Å². The molecule has 2 rings (SSSR count). The van der Waals surface area contributed by atoms with Crippen LogP contribution in [0.4, 0.5) is 15.8 Å². The molecule has 98 valence electrons. The molecule has 3 N–H and O–H groups in total. The average Bonchev–Trinajstić information content (AvgIpc) is 2.39. The minimum atomic E-state index is -0.308. The Kier molecular flexibility index (Phi) is 4.41. The van der Waals surface area contributed by atoms with E-state index < -0.39 is 0 Å². The lowest BCUT2D eigenvalue weighted by atomic mass is 10.3. The third-order valence-corrected chi connectivity index (χ3v) is 3.39. The number of amides is 1. The molecule has 0 saturated heterocycles. The monoisotopic (exact) mass is 276 g/mol. The van der Waals surface area contributed by atoms with Crippen LogP contribution >= 0.6 is 11.8 Å². The lowest BCUT2D eigenvalue weighted by molar-refractivity contribution is -0.113. The Balaban J connectivity index is 1.90. The number of benzene rings is 2. The lowest BCUT2D eigenvalue weighted by Gasteiger charge is -2.07. The number of thioether (sulfide) groups is 1. The van der Waals surface area contributed by atoms with E-state index in [1.165, 1.54) is 23.9 Å². The first kappa shape index (κ1) is 13.4. The maximum Gasteiger partial charge on any atom is 0.234 e. The minimum absolute atomic E-state index is 0.174. The van der Waals surface area contributed by atoms with Crippen LogP contribution in [0, 0.1) is 5.82 Å². The maximum absolute atomic E-state index is 13.0.